The SMILES string of the molecule is COc1cc(C(=O)Nc2nc(-c3ccc4c(c3)CCN4C(=O)c3ccc(F)cc3)c(C)s2)cc(OC)c1OC. The molecule has 3 aromatic carbocycles. The van der Waals surface area contributed by atoms with E-state index in [1.54, 1.807) is 17.0 Å². The summed E-state index contributed by atoms with van der Waals surface area (Å²) in [7, 11) is 4.48. The van der Waals surface area contributed by atoms with Gasteiger partial charge in [0.15, 0.2) is 16.6 Å². The summed E-state index contributed by atoms with van der Waals surface area (Å²) in [6, 6.07) is 14.6. The topological polar surface area (TPSA) is 90.0 Å². The van der Waals surface area contributed by atoms with Crippen LogP contribution in [0.2, 0.25) is 0 Å². The largest absolute Gasteiger partial charge is 0.493 e. The summed E-state index contributed by atoms with van der Waals surface area (Å²) in [4.78, 5) is 33.4. The lowest BCUT2D eigenvalue weighted by molar-refractivity contribution is 0.0987. The molecule has 0 bridgehead atoms. The first-order valence-electron chi connectivity index (χ1n) is 12.1. The van der Waals surface area contributed by atoms with Crippen LogP contribution in [0.1, 0.15) is 31.2 Å². The Balaban J connectivity index is 1.36. The Bertz CT molecular complexity index is 1540. The highest BCUT2D eigenvalue weighted by Gasteiger charge is 2.26. The van der Waals surface area contributed by atoms with E-state index in [2.05, 4.69) is 10.3 Å². The summed E-state index contributed by atoms with van der Waals surface area (Å²) in [5.41, 5.74) is 4.28. The van der Waals surface area contributed by atoms with E-state index in [9.17, 15) is 14.0 Å². The van der Waals surface area contributed by atoms with E-state index in [1.807, 2.05) is 25.1 Å². The fraction of sp³-hybridized carbons (Fsp3) is 0.207. The molecule has 5 rings (SSSR count). The summed E-state index contributed by atoms with van der Waals surface area (Å²) in [6.07, 6.45) is 0.698. The van der Waals surface area contributed by atoms with Gasteiger partial charge in [-0.2, -0.15) is 0 Å². The van der Waals surface area contributed by atoms with Crippen molar-refractivity contribution in [3.05, 3.63) is 82.0 Å². The molecular formula is C29H26FN3O5S. The van der Waals surface area contributed by atoms with Crippen LogP contribution in [0.3, 0.4) is 0 Å². The van der Waals surface area contributed by atoms with Gasteiger partial charge in [-0.3, -0.25) is 14.9 Å². The Morgan fingerprint density at radius 3 is 2.28 bits per heavy atom. The maximum absolute atomic E-state index is 13.3. The summed E-state index contributed by atoms with van der Waals surface area (Å²) in [5, 5.41) is 3.32. The molecule has 0 spiro atoms. The lowest BCUT2D eigenvalue weighted by atomic mass is 10.1. The zero-order valence-corrected chi connectivity index (χ0v) is 22.6. The number of carbonyl (C=O) groups is 2. The molecule has 0 unspecified atom stereocenters. The smallest absolute Gasteiger partial charge is 0.258 e. The lowest BCUT2D eigenvalue weighted by Gasteiger charge is -2.17. The standard InChI is InChI=1S/C29H26FN3O5S/c1-16-25(31-29(39-16)32-27(34)20-14-23(36-2)26(38-4)24(15-20)37-3)19-7-10-22-18(13-19)11-12-33(22)28(35)17-5-8-21(30)9-6-17/h5-10,13-15H,11-12H2,1-4H3,(H,31,32,34). The summed E-state index contributed by atoms with van der Waals surface area (Å²) < 4.78 is 29.3. The van der Waals surface area contributed by atoms with Crippen molar-refractivity contribution in [3.8, 4) is 28.5 Å². The molecule has 8 nitrogen and oxygen atoms in total. The number of aromatic nitrogens is 1. The number of aryl methyl sites for hydroxylation is 1. The molecule has 2 heterocycles. The Kier molecular flexibility index (Phi) is 7.21. The van der Waals surface area contributed by atoms with Crippen LogP contribution in [0, 0.1) is 12.7 Å². The second kappa shape index (κ2) is 10.7. The molecule has 1 aromatic heterocycles. The average Bonchev–Trinajstić information content (AvgIpc) is 3.54. The maximum Gasteiger partial charge on any atom is 0.258 e. The van der Waals surface area contributed by atoms with Gasteiger partial charge in [-0.15, -0.1) is 11.3 Å². The number of fused-ring (bicyclic) bond motifs is 1. The highest BCUT2D eigenvalue weighted by molar-refractivity contribution is 7.16. The van der Waals surface area contributed by atoms with E-state index in [1.165, 1.54) is 56.9 Å². The van der Waals surface area contributed by atoms with Crippen LogP contribution < -0.4 is 24.4 Å². The van der Waals surface area contributed by atoms with E-state index in [4.69, 9.17) is 14.2 Å². The molecule has 0 radical (unpaired) electrons. The summed E-state index contributed by atoms with van der Waals surface area (Å²) in [6.45, 7) is 2.49. The zero-order chi connectivity index (χ0) is 27.7. The number of nitrogens with zero attached hydrogens (tertiary/aromatic N) is 2. The van der Waals surface area contributed by atoms with Crippen molar-refractivity contribution >= 4 is 34.0 Å². The normalized spacial score (nSPS) is 12.2. The second-order valence-electron chi connectivity index (χ2n) is 8.85. The molecule has 0 atom stereocenters. The first-order valence-corrected chi connectivity index (χ1v) is 12.9. The number of hydrogen-bond acceptors (Lipinski definition) is 7. The molecule has 0 saturated heterocycles. The number of anilines is 2. The van der Waals surface area contributed by atoms with Gasteiger partial charge < -0.3 is 19.1 Å². The Morgan fingerprint density at radius 1 is 0.949 bits per heavy atom. The number of nitrogens with one attached hydrogen (secondary N) is 1. The minimum absolute atomic E-state index is 0.164. The molecule has 4 aromatic rings. The first-order chi connectivity index (χ1) is 18.8. The number of halogens is 1. The number of ether oxygens (including phenoxy) is 3. The highest BCUT2D eigenvalue weighted by atomic mass is 32.1. The summed E-state index contributed by atoms with van der Waals surface area (Å²) >= 11 is 1.37. The Labute approximate surface area is 229 Å². The molecule has 2 amide bonds. The molecule has 1 aliphatic heterocycles. The molecule has 10 heteroatoms. The van der Waals surface area contributed by atoms with Crippen LogP contribution in [-0.2, 0) is 6.42 Å². The first kappa shape index (κ1) is 26.2. The molecule has 39 heavy (non-hydrogen) atoms. The molecule has 200 valence electrons. The van der Waals surface area contributed by atoms with Crippen molar-refractivity contribution < 1.29 is 28.2 Å². The van der Waals surface area contributed by atoms with Gasteiger partial charge >= 0.3 is 0 Å². The van der Waals surface area contributed by atoms with Crippen LogP contribution in [-0.4, -0.2) is 44.7 Å². The van der Waals surface area contributed by atoms with E-state index in [0.717, 1.165) is 27.4 Å². The highest BCUT2D eigenvalue weighted by Crippen LogP contribution is 2.39. The number of methoxy groups -OCH3 is 3. The van der Waals surface area contributed by atoms with Gasteiger partial charge in [0.25, 0.3) is 11.8 Å². The van der Waals surface area contributed by atoms with Crippen LogP contribution in [0.4, 0.5) is 15.2 Å². The van der Waals surface area contributed by atoms with Crippen molar-refractivity contribution in [2.45, 2.75) is 13.3 Å². The minimum Gasteiger partial charge on any atom is -0.493 e. The Hall–Kier alpha value is -4.44. The average molecular weight is 548 g/mol. The van der Waals surface area contributed by atoms with E-state index in [0.29, 0.717) is 46.5 Å². The number of benzene rings is 3. The second-order valence-corrected chi connectivity index (χ2v) is 10.1. The van der Waals surface area contributed by atoms with Crippen molar-refractivity contribution in [1.29, 1.82) is 0 Å². The number of carbonyl (C=O) groups excluding carboxylic acids is 2. The van der Waals surface area contributed by atoms with Crippen molar-refractivity contribution in [1.82, 2.24) is 4.98 Å². The number of thiazole rings is 1. The van der Waals surface area contributed by atoms with Crippen LogP contribution >= 0.6 is 11.3 Å². The zero-order valence-electron chi connectivity index (χ0n) is 21.8. The van der Waals surface area contributed by atoms with Crippen molar-refractivity contribution in [2.24, 2.45) is 0 Å². The lowest BCUT2D eigenvalue weighted by Crippen LogP contribution is -2.28. The maximum atomic E-state index is 13.3. The van der Waals surface area contributed by atoms with Gasteiger partial charge in [-0.05, 0) is 67.4 Å². The monoisotopic (exact) mass is 547 g/mol. The molecule has 0 aliphatic carbocycles. The molecule has 1 aliphatic rings. The predicted molar refractivity (Wildman–Crippen MR) is 148 cm³/mol. The van der Waals surface area contributed by atoms with Crippen LogP contribution in [0.15, 0.2) is 54.6 Å². The van der Waals surface area contributed by atoms with E-state index < -0.39 is 0 Å². The third kappa shape index (κ3) is 5.03. The third-order valence-electron chi connectivity index (χ3n) is 6.53. The summed E-state index contributed by atoms with van der Waals surface area (Å²) in [5.74, 6) is 0.252. The van der Waals surface area contributed by atoms with Crippen LogP contribution in [0.5, 0.6) is 17.2 Å². The molecule has 0 fully saturated rings. The van der Waals surface area contributed by atoms with Gasteiger partial charge in [0, 0.05) is 33.8 Å². The van der Waals surface area contributed by atoms with Gasteiger partial charge in [0.2, 0.25) is 5.75 Å². The number of amides is 2. The number of hydrogen-bond donors (Lipinski definition) is 1. The van der Waals surface area contributed by atoms with Gasteiger partial charge in [-0.1, -0.05) is 6.07 Å². The van der Waals surface area contributed by atoms with Gasteiger partial charge in [-0.25, -0.2) is 9.37 Å². The van der Waals surface area contributed by atoms with Crippen LogP contribution in [0.25, 0.3) is 11.3 Å². The van der Waals surface area contributed by atoms with Crippen molar-refractivity contribution in [3.63, 3.8) is 0 Å². The molecular weight excluding hydrogens is 521 g/mol. The molecule has 1 N–H and O–H groups in total. The quantitative estimate of drug-likeness (QED) is 0.318. The predicted octanol–water partition coefficient (Wildman–Crippen LogP) is 5.74. The molecule has 0 saturated carbocycles. The van der Waals surface area contributed by atoms with Gasteiger partial charge in [0.1, 0.15) is 5.82 Å². The van der Waals surface area contributed by atoms with E-state index in [-0.39, 0.29) is 17.6 Å². The third-order valence-corrected chi connectivity index (χ3v) is 7.42. The fourth-order valence-electron chi connectivity index (χ4n) is 4.61. The number of rotatable bonds is 7. The Morgan fingerprint density at radius 2 is 1.64 bits per heavy atom. The van der Waals surface area contributed by atoms with E-state index >= 15 is 0 Å². The van der Waals surface area contributed by atoms with Crippen molar-refractivity contribution in [2.75, 3.05) is 38.1 Å². The van der Waals surface area contributed by atoms with Gasteiger partial charge in [0.05, 0.1) is 27.0 Å². The minimum atomic E-state index is -0.379. The fourth-order valence-corrected chi connectivity index (χ4v) is 5.44.